The molecule has 0 radical (unpaired) electrons. The molecule has 2 aliphatic heterocycles. The third kappa shape index (κ3) is 2.41. The van der Waals surface area contributed by atoms with Gasteiger partial charge in [0.2, 0.25) is 12.5 Å². The molecule has 1 aromatic rings. The van der Waals surface area contributed by atoms with Crippen molar-refractivity contribution in [2.75, 3.05) is 32.8 Å². The Balaban J connectivity index is 1.63. The highest BCUT2D eigenvalue weighted by Crippen LogP contribution is 2.31. The van der Waals surface area contributed by atoms with Gasteiger partial charge in [0.05, 0.1) is 0 Å². The molecule has 106 valence electrons. The van der Waals surface area contributed by atoms with E-state index in [9.17, 15) is 9.59 Å². The predicted octanol–water partition coefficient (Wildman–Crippen LogP) is 0.127. The number of amides is 2. The van der Waals surface area contributed by atoms with E-state index in [2.05, 4.69) is 0 Å². The fraction of sp³-hybridized carbons (Fsp3) is 0.429. The largest absolute Gasteiger partial charge is 0.485 e. The second-order valence-electron chi connectivity index (χ2n) is 4.83. The van der Waals surface area contributed by atoms with Gasteiger partial charge in [0.25, 0.3) is 5.91 Å². The first kappa shape index (κ1) is 12.8. The number of hydrogen-bond donors (Lipinski definition) is 0. The first-order valence-corrected chi connectivity index (χ1v) is 6.64. The van der Waals surface area contributed by atoms with Crippen molar-refractivity contribution in [3.8, 4) is 11.5 Å². The monoisotopic (exact) mass is 276 g/mol. The van der Waals surface area contributed by atoms with E-state index in [4.69, 9.17) is 9.47 Å². The van der Waals surface area contributed by atoms with Crippen molar-refractivity contribution < 1.29 is 19.1 Å². The van der Waals surface area contributed by atoms with Gasteiger partial charge in [0.15, 0.2) is 11.5 Å². The lowest BCUT2D eigenvalue weighted by Gasteiger charge is -2.35. The van der Waals surface area contributed by atoms with Gasteiger partial charge in [0.1, 0.15) is 6.61 Å². The summed E-state index contributed by atoms with van der Waals surface area (Å²) in [5.41, 5.74) is 0. The summed E-state index contributed by atoms with van der Waals surface area (Å²) in [6, 6.07) is 7.32. The Labute approximate surface area is 116 Å². The van der Waals surface area contributed by atoms with Crippen LogP contribution in [-0.2, 0) is 9.59 Å². The van der Waals surface area contributed by atoms with Crippen molar-refractivity contribution in [2.24, 2.45) is 0 Å². The van der Waals surface area contributed by atoms with E-state index in [1.54, 1.807) is 15.9 Å². The number of piperazine rings is 1. The molecule has 1 fully saturated rings. The summed E-state index contributed by atoms with van der Waals surface area (Å²) in [6.07, 6.45) is 0.214. The van der Waals surface area contributed by atoms with Crippen LogP contribution in [0.4, 0.5) is 0 Å². The average molecular weight is 276 g/mol. The first-order valence-electron chi connectivity index (χ1n) is 6.64. The highest BCUT2D eigenvalue weighted by molar-refractivity contribution is 5.82. The standard InChI is InChI=1S/C14H16N2O4/c17-10-15-5-7-16(8-6-15)14(18)13-9-19-11-3-1-2-4-12(11)20-13/h1-4,10,13H,5-9H2/t13-/m0/s1. The Morgan fingerprint density at radius 2 is 1.85 bits per heavy atom. The van der Waals surface area contributed by atoms with Crippen LogP contribution in [0, 0.1) is 0 Å². The van der Waals surface area contributed by atoms with E-state index in [1.165, 1.54) is 0 Å². The summed E-state index contributed by atoms with van der Waals surface area (Å²) in [6.45, 7) is 2.45. The minimum Gasteiger partial charge on any atom is -0.485 e. The fourth-order valence-electron chi connectivity index (χ4n) is 2.39. The van der Waals surface area contributed by atoms with Gasteiger partial charge < -0.3 is 19.3 Å². The van der Waals surface area contributed by atoms with Gasteiger partial charge in [0, 0.05) is 26.2 Å². The summed E-state index contributed by atoms with van der Waals surface area (Å²) in [5, 5.41) is 0. The molecule has 1 aromatic carbocycles. The number of hydrogen-bond acceptors (Lipinski definition) is 4. The summed E-state index contributed by atoms with van der Waals surface area (Å²) >= 11 is 0. The molecule has 6 heteroatoms. The Hall–Kier alpha value is -2.24. The number of fused-ring (bicyclic) bond motifs is 1. The van der Waals surface area contributed by atoms with E-state index in [0.717, 1.165) is 6.41 Å². The van der Waals surface area contributed by atoms with Gasteiger partial charge in [-0.25, -0.2) is 0 Å². The zero-order valence-corrected chi connectivity index (χ0v) is 11.0. The van der Waals surface area contributed by atoms with Crippen LogP contribution < -0.4 is 9.47 Å². The number of carbonyl (C=O) groups excluding carboxylic acids is 2. The Bertz CT molecular complexity index is 512. The van der Waals surface area contributed by atoms with Crippen molar-refractivity contribution in [2.45, 2.75) is 6.10 Å². The van der Waals surface area contributed by atoms with Crippen molar-refractivity contribution in [1.29, 1.82) is 0 Å². The molecular formula is C14H16N2O4. The molecule has 2 aliphatic rings. The molecular weight excluding hydrogens is 260 g/mol. The third-order valence-corrected chi connectivity index (χ3v) is 3.56. The second kappa shape index (κ2) is 5.40. The summed E-state index contributed by atoms with van der Waals surface area (Å²) in [4.78, 5) is 26.4. The van der Waals surface area contributed by atoms with Crippen LogP contribution in [-0.4, -0.2) is 61.0 Å². The molecule has 0 aliphatic carbocycles. The van der Waals surface area contributed by atoms with Crippen LogP contribution in [0.15, 0.2) is 24.3 Å². The molecule has 2 heterocycles. The first-order chi connectivity index (χ1) is 9.78. The zero-order valence-electron chi connectivity index (χ0n) is 11.0. The Kier molecular flexibility index (Phi) is 3.45. The van der Waals surface area contributed by atoms with E-state index >= 15 is 0 Å². The van der Waals surface area contributed by atoms with E-state index in [-0.39, 0.29) is 12.5 Å². The Morgan fingerprint density at radius 1 is 1.15 bits per heavy atom. The lowest BCUT2D eigenvalue weighted by Crippen LogP contribution is -2.53. The zero-order chi connectivity index (χ0) is 13.9. The van der Waals surface area contributed by atoms with Crippen molar-refractivity contribution in [3.05, 3.63) is 24.3 Å². The number of benzene rings is 1. The van der Waals surface area contributed by atoms with Crippen LogP contribution >= 0.6 is 0 Å². The number of carbonyl (C=O) groups is 2. The highest BCUT2D eigenvalue weighted by atomic mass is 16.6. The third-order valence-electron chi connectivity index (χ3n) is 3.56. The van der Waals surface area contributed by atoms with Gasteiger partial charge in [-0.3, -0.25) is 9.59 Å². The topological polar surface area (TPSA) is 59.1 Å². The summed E-state index contributed by atoms with van der Waals surface area (Å²) < 4.78 is 11.3. The normalized spacial score (nSPS) is 21.5. The molecule has 6 nitrogen and oxygen atoms in total. The van der Waals surface area contributed by atoms with Crippen molar-refractivity contribution in [1.82, 2.24) is 9.80 Å². The molecule has 1 saturated heterocycles. The maximum atomic E-state index is 12.4. The summed E-state index contributed by atoms with van der Waals surface area (Å²) in [5.74, 6) is 1.19. The molecule has 1 atom stereocenters. The van der Waals surface area contributed by atoms with Crippen LogP contribution in [0.5, 0.6) is 11.5 Å². The molecule has 0 bridgehead atoms. The van der Waals surface area contributed by atoms with Gasteiger partial charge in [-0.2, -0.15) is 0 Å². The maximum Gasteiger partial charge on any atom is 0.267 e. The quantitative estimate of drug-likeness (QED) is 0.720. The van der Waals surface area contributed by atoms with Crippen LogP contribution in [0.25, 0.3) is 0 Å². The minimum absolute atomic E-state index is 0.0787. The maximum absolute atomic E-state index is 12.4. The number of ether oxygens (including phenoxy) is 2. The Morgan fingerprint density at radius 3 is 2.55 bits per heavy atom. The predicted molar refractivity (Wildman–Crippen MR) is 70.6 cm³/mol. The van der Waals surface area contributed by atoms with E-state index < -0.39 is 6.10 Å². The van der Waals surface area contributed by atoms with Gasteiger partial charge in [-0.1, -0.05) is 12.1 Å². The van der Waals surface area contributed by atoms with Gasteiger partial charge >= 0.3 is 0 Å². The lowest BCUT2D eigenvalue weighted by molar-refractivity contribution is -0.144. The molecule has 2 amide bonds. The number of para-hydroxylation sites is 2. The highest BCUT2D eigenvalue weighted by Gasteiger charge is 2.32. The fourth-order valence-corrected chi connectivity index (χ4v) is 2.39. The summed E-state index contributed by atoms with van der Waals surface area (Å²) in [7, 11) is 0. The molecule has 20 heavy (non-hydrogen) atoms. The molecule has 3 rings (SSSR count). The lowest BCUT2D eigenvalue weighted by atomic mass is 10.2. The molecule has 0 spiro atoms. The number of rotatable bonds is 2. The van der Waals surface area contributed by atoms with E-state index in [0.29, 0.717) is 37.7 Å². The van der Waals surface area contributed by atoms with Crippen LogP contribution in [0.2, 0.25) is 0 Å². The average Bonchev–Trinajstić information content (AvgIpc) is 2.54. The van der Waals surface area contributed by atoms with Crippen molar-refractivity contribution >= 4 is 12.3 Å². The van der Waals surface area contributed by atoms with Gasteiger partial charge in [-0.05, 0) is 12.1 Å². The van der Waals surface area contributed by atoms with Crippen LogP contribution in [0.1, 0.15) is 0 Å². The molecule has 0 unspecified atom stereocenters. The van der Waals surface area contributed by atoms with Crippen LogP contribution in [0.3, 0.4) is 0 Å². The smallest absolute Gasteiger partial charge is 0.267 e. The number of nitrogens with zero attached hydrogens (tertiary/aromatic N) is 2. The van der Waals surface area contributed by atoms with Gasteiger partial charge in [-0.15, -0.1) is 0 Å². The molecule has 0 saturated carbocycles. The second-order valence-corrected chi connectivity index (χ2v) is 4.83. The molecule has 0 aromatic heterocycles. The SMILES string of the molecule is O=CN1CCN(C(=O)[C@@H]2COc3ccccc3O2)CC1. The molecule has 0 N–H and O–H groups in total. The minimum atomic E-state index is -0.604. The van der Waals surface area contributed by atoms with E-state index in [1.807, 2.05) is 18.2 Å². The van der Waals surface area contributed by atoms with Crippen molar-refractivity contribution in [3.63, 3.8) is 0 Å².